The normalized spacial score (nSPS) is 12.7. The number of ether oxygens (including phenoxy) is 1. The van der Waals surface area contributed by atoms with Crippen LogP contribution in [0.15, 0.2) is 40.9 Å². The van der Waals surface area contributed by atoms with E-state index in [1.807, 2.05) is 0 Å². The quantitative estimate of drug-likeness (QED) is 0.684. The first kappa shape index (κ1) is 17.7. The van der Waals surface area contributed by atoms with Crippen LogP contribution in [0.2, 0.25) is 0 Å². The molecule has 138 valence electrons. The lowest BCUT2D eigenvalue weighted by Gasteiger charge is -2.10. The lowest BCUT2D eigenvalue weighted by atomic mass is 10.1. The summed E-state index contributed by atoms with van der Waals surface area (Å²) in [5, 5.41) is 0. The lowest BCUT2D eigenvalue weighted by molar-refractivity contribution is 0.0995. The molecular formula is C19H14BrF2N3O2. The molecular weight excluding hydrogens is 420 g/mol. The smallest absolute Gasteiger partial charge is 0.269 e. The van der Waals surface area contributed by atoms with Crippen LogP contribution >= 0.6 is 15.9 Å². The minimum absolute atomic E-state index is 0.0709. The van der Waals surface area contributed by atoms with E-state index in [2.05, 4.69) is 20.9 Å². The highest BCUT2D eigenvalue weighted by Crippen LogP contribution is 2.37. The number of fused-ring (bicyclic) bond motifs is 3. The van der Waals surface area contributed by atoms with Crippen molar-refractivity contribution < 1.29 is 18.3 Å². The van der Waals surface area contributed by atoms with Gasteiger partial charge in [0.2, 0.25) is 0 Å². The van der Waals surface area contributed by atoms with E-state index in [-0.39, 0.29) is 29.0 Å². The highest BCUT2D eigenvalue weighted by molar-refractivity contribution is 9.10. The van der Waals surface area contributed by atoms with E-state index < -0.39 is 11.7 Å². The molecule has 1 amide bonds. The van der Waals surface area contributed by atoms with Crippen LogP contribution < -0.4 is 10.5 Å². The summed E-state index contributed by atoms with van der Waals surface area (Å²) in [5.74, 6) is -0.782. The molecule has 0 fully saturated rings. The fourth-order valence-corrected chi connectivity index (χ4v) is 3.54. The molecule has 1 aliphatic rings. The van der Waals surface area contributed by atoms with Crippen LogP contribution in [0.5, 0.6) is 5.75 Å². The highest BCUT2D eigenvalue weighted by Gasteiger charge is 2.27. The zero-order valence-corrected chi connectivity index (χ0v) is 15.6. The van der Waals surface area contributed by atoms with Gasteiger partial charge in [-0.15, -0.1) is 0 Å². The van der Waals surface area contributed by atoms with Crippen LogP contribution in [0, 0.1) is 11.6 Å². The van der Waals surface area contributed by atoms with Crippen molar-refractivity contribution in [2.24, 2.45) is 5.73 Å². The molecule has 0 aliphatic carbocycles. The van der Waals surface area contributed by atoms with E-state index in [9.17, 15) is 13.6 Å². The van der Waals surface area contributed by atoms with E-state index in [0.717, 1.165) is 0 Å². The number of hydrogen-bond acceptors (Lipinski definition) is 3. The molecule has 27 heavy (non-hydrogen) atoms. The van der Waals surface area contributed by atoms with Crippen molar-refractivity contribution in [3.8, 4) is 17.1 Å². The number of nitrogens with zero attached hydrogens (tertiary/aromatic N) is 2. The van der Waals surface area contributed by atoms with E-state index in [1.165, 1.54) is 12.1 Å². The molecule has 4 rings (SSSR count). The molecule has 2 heterocycles. The Balaban J connectivity index is 1.91. The van der Waals surface area contributed by atoms with E-state index in [4.69, 9.17) is 10.5 Å². The molecule has 0 saturated heterocycles. The zero-order chi connectivity index (χ0) is 19.1. The van der Waals surface area contributed by atoms with Gasteiger partial charge in [-0.2, -0.15) is 0 Å². The molecule has 0 saturated carbocycles. The number of rotatable bonds is 3. The van der Waals surface area contributed by atoms with Gasteiger partial charge < -0.3 is 15.0 Å². The number of hydrogen-bond donors (Lipinski definition) is 1. The van der Waals surface area contributed by atoms with Crippen molar-refractivity contribution in [1.29, 1.82) is 0 Å². The Bertz CT molecular complexity index is 1070. The van der Waals surface area contributed by atoms with Crippen molar-refractivity contribution >= 4 is 21.8 Å². The number of carbonyl (C=O) groups excluding carboxylic acids is 1. The van der Waals surface area contributed by atoms with Crippen LogP contribution in [0.25, 0.3) is 11.4 Å². The summed E-state index contributed by atoms with van der Waals surface area (Å²) in [6.45, 7) is 0.618. The second-order valence-electron chi connectivity index (χ2n) is 6.13. The molecule has 5 nitrogen and oxygen atoms in total. The number of imidazole rings is 1. The average molecular weight is 434 g/mol. The monoisotopic (exact) mass is 433 g/mol. The van der Waals surface area contributed by atoms with Gasteiger partial charge in [-0.3, -0.25) is 4.79 Å². The van der Waals surface area contributed by atoms with Gasteiger partial charge in [0.25, 0.3) is 5.91 Å². The largest absolute Gasteiger partial charge is 0.491 e. The third kappa shape index (κ3) is 3.10. The molecule has 0 radical (unpaired) electrons. The van der Waals surface area contributed by atoms with E-state index in [0.29, 0.717) is 34.9 Å². The third-order valence-corrected chi connectivity index (χ3v) is 5.07. The van der Waals surface area contributed by atoms with E-state index >= 15 is 0 Å². The lowest BCUT2D eigenvalue weighted by Crippen LogP contribution is -2.17. The topological polar surface area (TPSA) is 70.1 Å². The van der Waals surface area contributed by atoms with Gasteiger partial charge in [0.1, 0.15) is 35.5 Å². The van der Waals surface area contributed by atoms with Crippen LogP contribution in [-0.2, 0) is 13.0 Å². The Morgan fingerprint density at radius 2 is 2.04 bits per heavy atom. The van der Waals surface area contributed by atoms with Crippen LogP contribution in [0.4, 0.5) is 8.78 Å². The number of halogens is 3. The maximum absolute atomic E-state index is 14.1. The molecule has 1 aromatic heterocycles. The summed E-state index contributed by atoms with van der Waals surface area (Å²) < 4.78 is 35.7. The fourth-order valence-electron chi connectivity index (χ4n) is 3.20. The first-order valence-electron chi connectivity index (χ1n) is 8.20. The minimum atomic E-state index is -0.703. The molecule has 2 N–H and O–H groups in total. The molecule has 1 aliphatic heterocycles. The predicted octanol–water partition coefficient (Wildman–Crippen LogP) is 3.67. The molecule has 3 aromatic rings. The Morgan fingerprint density at radius 1 is 1.26 bits per heavy atom. The number of amides is 1. The molecule has 0 bridgehead atoms. The Kier molecular flexibility index (Phi) is 4.43. The van der Waals surface area contributed by atoms with Gasteiger partial charge in [-0.1, -0.05) is 18.2 Å². The van der Waals surface area contributed by atoms with Crippen molar-refractivity contribution in [3.05, 3.63) is 69.5 Å². The number of nitrogens with two attached hydrogens (primary N) is 1. The Morgan fingerprint density at radius 3 is 2.78 bits per heavy atom. The van der Waals surface area contributed by atoms with Crippen LogP contribution in [0.1, 0.15) is 21.7 Å². The third-order valence-electron chi connectivity index (χ3n) is 4.46. The maximum Gasteiger partial charge on any atom is 0.269 e. The first-order chi connectivity index (χ1) is 13.0. The number of carbonyl (C=O) groups is 1. The summed E-state index contributed by atoms with van der Waals surface area (Å²) >= 11 is 3.16. The van der Waals surface area contributed by atoms with Crippen LogP contribution in [0.3, 0.4) is 0 Å². The van der Waals surface area contributed by atoms with Gasteiger partial charge in [-0.05, 0) is 33.6 Å². The van der Waals surface area contributed by atoms with Crippen LogP contribution in [-0.4, -0.2) is 22.1 Å². The Hall–Kier alpha value is -2.74. The van der Waals surface area contributed by atoms with Crippen molar-refractivity contribution in [2.75, 3.05) is 6.61 Å². The molecule has 0 spiro atoms. The number of aromatic nitrogens is 2. The molecule has 8 heteroatoms. The summed E-state index contributed by atoms with van der Waals surface area (Å²) in [7, 11) is 0. The standard InChI is InChI=1S/C19H14BrF2N3O2/c20-12-8-11-16(9-14(12)22)27-6-5-25-15(17(18(23)26)24-19(11)25)7-10-3-1-2-4-13(10)21/h1-4,8-9H,5-7H2,(H2,23,26). The predicted molar refractivity (Wildman–Crippen MR) is 98.5 cm³/mol. The minimum Gasteiger partial charge on any atom is -0.491 e. The summed E-state index contributed by atoms with van der Waals surface area (Å²) in [4.78, 5) is 16.4. The van der Waals surface area contributed by atoms with Gasteiger partial charge in [0.05, 0.1) is 22.3 Å². The van der Waals surface area contributed by atoms with E-state index in [1.54, 1.807) is 28.8 Å². The summed E-state index contributed by atoms with van der Waals surface area (Å²) in [5.41, 5.74) is 7.05. The second-order valence-corrected chi connectivity index (χ2v) is 6.98. The van der Waals surface area contributed by atoms with Gasteiger partial charge in [0, 0.05) is 12.5 Å². The number of benzene rings is 2. The van der Waals surface area contributed by atoms with Crippen molar-refractivity contribution in [3.63, 3.8) is 0 Å². The second kappa shape index (κ2) is 6.77. The SMILES string of the molecule is NC(=O)c1nc2n(c1Cc1ccccc1F)CCOc1cc(F)c(Br)cc1-2. The zero-order valence-electron chi connectivity index (χ0n) is 14.0. The van der Waals surface area contributed by atoms with Crippen molar-refractivity contribution in [1.82, 2.24) is 9.55 Å². The first-order valence-corrected chi connectivity index (χ1v) is 9.00. The van der Waals surface area contributed by atoms with Gasteiger partial charge in [0.15, 0.2) is 0 Å². The Labute approximate surface area is 161 Å². The fraction of sp³-hybridized carbons (Fsp3) is 0.158. The molecule has 0 atom stereocenters. The highest BCUT2D eigenvalue weighted by atomic mass is 79.9. The van der Waals surface area contributed by atoms with Gasteiger partial charge >= 0.3 is 0 Å². The average Bonchev–Trinajstić information content (AvgIpc) is 2.89. The molecule has 2 aromatic carbocycles. The summed E-state index contributed by atoms with van der Waals surface area (Å²) in [6.07, 6.45) is 0.148. The maximum atomic E-state index is 14.1. The van der Waals surface area contributed by atoms with Gasteiger partial charge in [-0.25, -0.2) is 13.8 Å². The van der Waals surface area contributed by atoms with Crippen molar-refractivity contribution in [2.45, 2.75) is 13.0 Å². The molecule has 0 unspecified atom stereocenters. The number of primary amides is 1. The summed E-state index contributed by atoms with van der Waals surface area (Å²) in [6, 6.07) is 9.14.